The van der Waals surface area contributed by atoms with Gasteiger partial charge in [0.1, 0.15) is 12.1 Å². The van der Waals surface area contributed by atoms with Gasteiger partial charge in [0, 0.05) is 13.1 Å². The summed E-state index contributed by atoms with van der Waals surface area (Å²) in [6, 6.07) is -0.916. The molecule has 1 amide bonds. The number of hydrogen-bond donors (Lipinski definition) is 3. The molecule has 17 heavy (non-hydrogen) atoms. The molecule has 0 aromatic carbocycles. The van der Waals surface area contributed by atoms with Crippen molar-refractivity contribution in [1.82, 2.24) is 10.6 Å². The highest BCUT2D eigenvalue weighted by atomic mass is 16.5. The molecule has 1 unspecified atom stereocenters. The van der Waals surface area contributed by atoms with Gasteiger partial charge in [0.15, 0.2) is 0 Å². The van der Waals surface area contributed by atoms with Crippen LogP contribution in [0.5, 0.6) is 0 Å². The van der Waals surface area contributed by atoms with E-state index in [-0.39, 0.29) is 5.91 Å². The van der Waals surface area contributed by atoms with Gasteiger partial charge in [-0.25, -0.2) is 4.79 Å². The van der Waals surface area contributed by atoms with Gasteiger partial charge in [-0.2, -0.15) is 0 Å². The van der Waals surface area contributed by atoms with Crippen molar-refractivity contribution in [2.75, 3.05) is 19.7 Å². The van der Waals surface area contributed by atoms with Crippen LogP contribution in [-0.2, 0) is 14.3 Å². The van der Waals surface area contributed by atoms with Gasteiger partial charge in [-0.3, -0.25) is 4.79 Å². The molecule has 0 radical (unpaired) electrons. The van der Waals surface area contributed by atoms with E-state index in [1.807, 2.05) is 0 Å². The standard InChI is InChI=1S/C11H20N2O4/c1-11(2,3)8(10(15)16)13-9(14)7-6-12-4-5-17-7/h7-8,12H,4-6H2,1-3H3,(H,13,14)(H,15,16)/t7?,8-/m1/s1. The van der Waals surface area contributed by atoms with Gasteiger partial charge in [0.2, 0.25) is 0 Å². The lowest BCUT2D eigenvalue weighted by Crippen LogP contribution is -2.55. The zero-order valence-corrected chi connectivity index (χ0v) is 10.4. The van der Waals surface area contributed by atoms with Crippen molar-refractivity contribution >= 4 is 11.9 Å². The maximum Gasteiger partial charge on any atom is 0.326 e. The SMILES string of the molecule is CC(C)(C)[C@H](NC(=O)C1CNCCO1)C(=O)O. The molecular weight excluding hydrogens is 224 g/mol. The number of morpholine rings is 1. The first kappa shape index (κ1) is 13.9. The quantitative estimate of drug-likeness (QED) is 0.628. The molecule has 1 heterocycles. The molecule has 6 heteroatoms. The average molecular weight is 244 g/mol. The normalized spacial score (nSPS) is 22.9. The number of rotatable bonds is 3. The zero-order chi connectivity index (χ0) is 13.1. The van der Waals surface area contributed by atoms with Crippen molar-refractivity contribution in [1.29, 1.82) is 0 Å². The molecule has 1 aliphatic heterocycles. The second kappa shape index (κ2) is 5.46. The summed E-state index contributed by atoms with van der Waals surface area (Å²) in [7, 11) is 0. The highest BCUT2D eigenvalue weighted by Gasteiger charge is 2.34. The smallest absolute Gasteiger partial charge is 0.326 e. The Hall–Kier alpha value is -1.14. The molecule has 3 N–H and O–H groups in total. The molecule has 6 nitrogen and oxygen atoms in total. The second-order valence-electron chi connectivity index (χ2n) is 5.21. The predicted molar refractivity (Wildman–Crippen MR) is 61.6 cm³/mol. The number of nitrogens with one attached hydrogen (secondary N) is 2. The van der Waals surface area contributed by atoms with Gasteiger partial charge in [0.05, 0.1) is 6.61 Å². The van der Waals surface area contributed by atoms with Crippen LogP contribution in [-0.4, -0.2) is 48.8 Å². The van der Waals surface area contributed by atoms with Crippen LogP contribution in [0.1, 0.15) is 20.8 Å². The summed E-state index contributed by atoms with van der Waals surface area (Å²) in [5, 5.41) is 14.6. The van der Waals surface area contributed by atoms with Crippen LogP contribution < -0.4 is 10.6 Å². The third-order valence-electron chi connectivity index (χ3n) is 2.62. The van der Waals surface area contributed by atoms with Crippen LogP contribution in [0.15, 0.2) is 0 Å². The van der Waals surface area contributed by atoms with Crippen molar-refractivity contribution in [2.45, 2.75) is 32.9 Å². The molecular formula is C11H20N2O4. The van der Waals surface area contributed by atoms with E-state index in [4.69, 9.17) is 9.84 Å². The molecule has 98 valence electrons. The van der Waals surface area contributed by atoms with Gasteiger partial charge >= 0.3 is 5.97 Å². The summed E-state index contributed by atoms with van der Waals surface area (Å²) in [6.45, 7) is 6.91. The van der Waals surface area contributed by atoms with Gasteiger partial charge in [0.25, 0.3) is 5.91 Å². The van der Waals surface area contributed by atoms with Gasteiger partial charge in [-0.05, 0) is 5.41 Å². The number of carbonyl (C=O) groups excluding carboxylic acids is 1. The fraction of sp³-hybridized carbons (Fsp3) is 0.818. The largest absolute Gasteiger partial charge is 0.480 e. The van der Waals surface area contributed by atoms with Gasteiger partial charge < -0.3 is 20.5 Å². The van der Waals surface area contributed by atoms with E-state index in [2.05, 4.69) is 10.6 Å². The van der Waals surface area contributed by atoms with Crippen LogP contribution >= 0.6 is 0 Å². The first-order chi connectivity index (χ1) is 7.82. The number of carboxylic acid groups (broad SMARTS) is 1. The van der Waals surface area contributed by atoms with Crippen LogP contribution in [0.4, 0.5) is 0 Å². The van der Waals surface area contributed by atoms with Crippen LogP contribution in [0.2, 0.25) is 0 Å². The van der Waals surface area contributed by atoms with E-state index in [1.54, 1.807) is 20.8 Å². The number of carbonyl (C=O) groups is 2. The molecule has 2 atom stereocenters. The highest BCUT2D eigenvalue weighted by Crippen LogP contribution is 2.19. The van der Waals surface area contributed by atoms with E-state index in [9.17, 15) is 9.59 Å². The third kappa shape index (κ3) is 3.98. The molecule has 0 spiro atoms. The fourth-order valence-electron chi connectivity index (χ4n) is 1.62. The van der Waals surface area contributed by atoms with Crippen molar-refractivity contribution in [3.8, 4) is 0 Å². The first-order valence-corrected chi connectivity index (χ1v) is 5.68. The summed E-state index contributed by atoms with van der Waals surface area (Å²) in [5.74, 6) is -1.41. The minimum Gasteiger partial charge on any atom is -0.480 e. The summed E-state index contributed by atoms with van der Waals surface area (Å²) < 4.78 is 5.27. The molecule has 1 saturated heterocycles. The molecule has 0 aromatic heterocycles. The summed E-state index contributed by atoms with van der Waals surface area (Å²) in [6.07, 6.45) is -0.604. The zero-order valence-electron chi connectivity index (χ0n) is 10.4. The Bertz CT molecular complexity index is 292. The molecule has 0 bridgehead atoms. The first-order valence-electron chi connectivity index (χ1n) is 5.68. The number of hydrogen-bond acceptors (Lipinski definition) is 4. The minimum absolute atomic E-state index is 0.375. The molecule has 1 aliphatic rings. The minimum atomic E-state index is -1.03. The van der Waals surface area contributed by atoms with Gasteiger partial charge in [-0.15, -0.1) is 0 Å². The van der Waals surface area contributed by atoms with E-state index >= 15 is 0 Å². The third-order valence-corrected chi connectivity index (χ3v) is 2.62. The van der Waals surface area contributed by atoms with Gasteiger partial charge in [-0.1, -0.05) is 20.8 Å². The number of aliphatic carboxylic acids is 1. The van der Waals surface area contributed by atoms with E-state index in [0.717, 1.165) is 0 Å². The maximum atomic E-state index is 11.8. The van der Waals surface area contributed by atoms with Crippen molar-refractivity contribution in [3.63, 3.8) is 0 Å². The summed E-state index contributed by atoms with van der Waals surface area (Å²) >= 11 is 0. The summed E-state index contributed by atoms with van der Waals surface area (Å²) in [5.41, 5.74) is -0.538. The monoisotopic (exact) mass is 244 g/mol. The Labute approximate surface area is 101 Å². The molecule has 0 aliphatic carbocycles. The maximum absolute atomic E-state index is 11.8. The topological polar surface area (TPSA) is 87.7 Å². The van der Waals surface area contributed by atoms with E-state index < -0.39 is 23.5 Å². The Balaban J connectivity index is 2.60. The summed E-state index contributed by atoms with van der Waals surface area (Å²) in [4.78, 5) is 22.9. The number of ether oxygens (including phenoxy) is 1. The van der Waals surface area contributed by atoms with Crippen LogP contribution in [0.25, 0.3) is 0 Å². The number of carboxylic acids is 1. The Morgan fingerprint density at radius 3 is 2.53 bits per heavy atom. The molecule has 0 saturated carbocycles. The fourth-order valence-corrected chi connectivity index (χ4v) is 1.62. The van der Waals surface area contributed by atoms with Crippen molar-refractivity contribution in [2.24, 2.45) is 5.41 Å². The lowest BCUT2D eigenvalue weighted by atomic mass is 9.86. The molecule has 1 rings (SSSR count). The Morgan fingerprint density at radius 1 is 1.47 bits per heavy atom. The molecule has 1 fully saturated rings. The van der Waals surface area contributed by atoms with E-state index in [0.29, 0.717) is 19.7 Å². The molecule has 0 aromatic rings. The van der Waals surface area contributed by atoms with Crippen LogP contribution in [0, 0.1) is 5.41 Å². The lowest BCUT2D eigenvalue weighted by Gasteiger charge is -2.30. The lowest BCUT2D eigenvalue weighted by molar-refractivity contribution is -0.148. The Kier molecular flexibility index (Phi) is 4.47. The van der Waals surface area contributed by atoms with E-state index in [1.165, 1.54) is 0 Å². The predicted octanol–water partition coefficient (Wildman–Crippen LogP) is -0.410. The van der Waals surface area contributed by atoms with Crippen molar-refractivity contribution in [3.05, 3.63) is 0 Å². The Morgan fingerprint density at radius 2 is 2.12 bits per heavy atom. The second-order valence-corrected chi connectivity index (χ2v) is 5.21. The van der Waals surface area contributed by atoms with Crippen molar-refractivity contribution < 1.29 is 19.4 Å². The highest BCUT2D eigenvalue weighted by molar-refractivity contribution is 5.87. The van der Waals surface area contributed by atoms with Crippen LogP contribution in [0.3, 0.4) is 0 Å². The average Bonchev–Trinajstić information content (AvgIpc) is 2.24. The number of amides is 1.